The summed E-state index contributed by atoms with van der Waals surface area (Å²) in [5.41, 5.74) is 2.68. The topological polar surface area (TPSA) is 28.2 Å². The number of pyridine rings is 1. The summed E-state index contributed by atoms with van der Waals surface area (Å²) in [4.78, 5) is 7.31. The lowest BCUT2D eigenvalue weighted by Gasteiger charge is -2.17. The second kappa shape index (κ2) is 9.20. The van der Waals surface area contributed by atoms with Gasteiger partial charge in [-0.05, 0) is 54.3 Å². The van der Waals surface area contributed by atoms with Crippen LogP contribution in [0.1, 0.15) is 17.5 Å². The molecule has 2 aromatic carbocycles. The number of rotatable bonds is 6. The number of nitrogens with zero attached hydrogens (tertiary/aromatic N) is 2. The number of nitrogens with one attached hydrogen (secondary N) is 1. The van der Waals surface area contributed by atoms with Gasteiger partial charge in [0.05, 0.1) is 11.3 Å². The maximum absolute atomic E-state index is 12.8. The second-order valence-electron chi connectivity index (χ2n) is 7.38. The van der Waals surface area contributed by atoms with Crippen LogP contribution in [0.4, 0.5) is 13.2 Å². The second-order valence-corrected chi connectivity index (χ2v) is 8.29. The Morgan fingerprint density at radius 3 is 2.60 bits per heavy atom. The van der Waals surface area contributed by atoms with Crippen molar-refractivity contribution in [3.8, 4) is 11.3 Å². The molecule has 0 spiro atoms. The highest BCUT2D eigenvalue weighted by Gasteiger charge is 2.30. The van der Waals surface area contributed by atoms with Crippen LogP contribution in [-0.2, 0) is 12.7 Å². The SMILES string of the molecule is FC(F)(F)c1cccc(SN[C@@H]2CCN(Cc3ccc(-c4ccccn4)cc3)C2)c1. The van der Waals surface area contributed by atoms with Crippen LogP contribution in [0.5, 0.6) is 0 Å². The molecule has 0 bridgehead atoms. The molecular formula is C23H22F3N3S. The molecule has 0 saturated carbocycles. The van der Waals surface area contributed by atoms with Gasteiger partial charge in [0.25, 0.3) is 0 Å². The molecule has 2 heterocycles. The van der Waals surface area contributed by atoms with Gasteiger partial charge >= 0.3 is 6.18 Å². The highest BCUT2D eigenvalue weighted by atomic mass is 32.2. The summed E-state index contributed by atoms with van der Waals surface area (Å²) in [5.74, 6) is 0. The molecule has 156 valence electrons. The maximum Gasteiger partial charge on any atom is 0.416 e. The average Bonchev–Trinajstić information content (AvgIpc) is 3.20. The van der Waals surface area contributed by atoms with E-state index in [0.717, 1.165) is 43.4 Å². The molecule has 1 aliphatic heterocycles. The van der Waals surface area contributed by atoms with E-state index in [0.29, 0.717) is 4.90 Å². The number of alkyl halides is 3. The summed E-state index contributed by atoms with van der Waals surface area (Å²) >= 11 is 1.27. The molecule has 1 fully saturated rings. The summed E-state index contributed by atoms with van der Waals surface area (Å²) in [5, 5.41) is 0. The van der Waals surface area contributed by atoms with E-state index in [1.807, 2.05) is 18.2 Å². The standard InChI is InChI=1S/C23H22F3N3S/c24-23(25,26)19-4-3-5-21(14-19)30-28-20-11-13-29(16-20)15-17-7-9-18(10-8-17)22-6-1-2-12-27-22/h1-10,12,14,20,28H,11,13,15-16H2/t20-/m1/s1. The largest absolute Gasteiger partial charge is 0.416 e. The van der Waals surface area contributed by atoms with Gasteiger partial charge in [0.15, 0.2) is 0 Å². The first-order chi connectivity index (χ1) is 14.5. The Bertz CT molecular complexity index is 961. The monoisotopic (exact) mass is 429 g/mol. The van der Waals surface area contributed by atoms with Crippen LogP contribution in [0.25, 0.3) is 11.3 Å². The van der Waals surface area contributed by atoms with Gasteiger partial charge in [-0.3, -0.25) is 14.6 Å². The number of hydrogen-bond donors (Lipinski definition) is 1. The fourth-order valence-corrected chi connectivity index (χ4v) is 4.36. The summed E-state index contributed by atoms with van der Waals surface area (Å²) < 4.78 is 41.9. The molecule has 1 atom stereocenters. The Kier molecular flexibility index (Phi) is 6.41. The van der Waals surface area contributed by atoms with E-state index in [4.69, 9.17) is 0 Å². The van der Waals surface area contributed by atoms with E-state index in [1.165, 1.54) is 29.6 Å². The summed E-state index contributed by atoms with van der Waals surface area (Å²) in [6.45, 7) is 2.69. The van der Waals surface area contributed by atoms with Crippen LogP contribution < -0.4 is 4.72 Å². The predicted molar refractivity (Wildman–Crippen MR) is 114 cm³/mol. The molecule has 1 N–H and O–H groups in total. The molecule has 0 aliphatic carbocycles. The molecule has 1 aromatic heterocycles. The van der Waals surface area contributed by atoms with Crippen molar-refractivity contribution in [3.63, 3.8) is 0 Å². The number of likely N-dealkylation sites (tertiary alicyclic amines) is 1. The zero-order valence-electron chi connectivity index (χ0n) is 16.3. The number of hydrogen-bond acceptors (Lipinski definition) is 4. The average molecular weight is 430 g/mol. The van der Waals surface area contributed by atoms with Crippen LogP contribution in [0.15, 0.2) is 77.8 Å². The summed E-state index contributed by atoms with van der Waals surface area (Å²) in [6, 6.07) is 20.0. The fraction of sp³-hybridized carbons (Fsp3) is 0.261. The van der Waals surface area contributed by atoms with Crippen molar-refractivity contribution in [1.29, 1.82) is 0 Å². The summed E-state index contributed by atoms with van der Waals surface area (Å²) in [7, 11) is 0. The van der Waals surface area contributed by atoms with Gasteiger partial charge in [-0.25, -0.2) is 0 Å². The number of benzene rings is 2. The highest BCUT2D eigenvalue weighted by molar-refractivity contribution is 7.97. The van der Waals surface area contributed by atoms with E-state index < -0.39 is 11.7 Å². The molecule has 7 heteroatoms. The summed E-state index contributed by atoms with van der Waals surface area (Å²) in [6.07, 6.45) is -1.55. The third-order valence-corrected chi connectivity index (χ3v) is 6.04. The van der Waals surface area contributed by atoms with Crippen LogP contribution >= 0.6 is 11.9 Å². The first-order valence-electron chi connectivity index (χ1n) is 9.80. The van der Waals surface area contributed by atoms with Crippen molar-refractivity contribution >= 4 is 11.9 Å². The van der Waals surface area contributed by atoms with Gasteiger partial charge < -0.3 is 0 Å². The smallest absolute Gasteiger partial charge is 0.297 e. The Morgan fingerprint density at radius 1 is 1.03 bits per heavy atom. The Labute approximate surface area is 178 Å². The van der Waals surface area contributed by atoms with Crippen LogP contribution in [0.2, 0.25) is 0 Å². The van der Waals surface area contributed by atoms with Crippen molar-refractivity contribution in [2.75, 3.05) is 13.1 Å². The van der Waals surface area contributed by atoms with Crippen LogP contribution in [-0.4, -0.2) is 29.0 Å². The molecule has 0 radical (unpaired) electrons. The van der Waals surface area contributed by atoms with Gasteiger partial charge in [0.2, 0.25) is 0 Å². The zero-order chi connectivity index (χ0) is 21.0. The minimum absolute atomic E-state index is 0.248. The lowest BCUT2D eigenvalue weighted by molar-refractivity contribution is -0.137. The van der Waals surface area contributed by atoms with Crippen molar-refractivity contribution < 1.29 is 13.2 Å². The fourth-order valence-electron chi connectivity index (χ4n) is 3.53. The lowest BCUT2D eigenvalue weighted by Crippen LogP contribution is -2.28. The van der Waals surface area contributed by atoms with Gasteiger partial charge in [-0.1, -0.05) is 36.4 Å². The minimum Gasteiger partial charge on any atom is -0.297 e. The van der Waals surface area contributed by atoms with E-state index >= 15 is 0 Å². The Morgan fingerprint density at radius 2 is 1.87 bits per heavy atom. The third kappa shape index (κ3) is 5.41. The molecular weight excluding hydrogens is 407 g/mol. The first kappa shape index (κ1) is 20.9. The third-order valence-electron chi connectivity index (χ3n) is 5.10. The van der Waals surface area contributed by atoms with Crippen LogP contribution in [0, 0.1) is 0 Å². The molecule has 3 nitrogen and oxygen atoms in total. The van der Waals surface area contributed by atoms with Gasteiger partial charge in [0.1, 0.15) is 0 Å². The predicted octanol–water partition coefficient (Wildman–Crippen LogP) is 5.64. The van der Waals surface area contributed by atoms with Crippen molar-refractivity contribution in [2.24, 2.45) is 0 Å². The molecule has 0 amide bonds. The Hall–Kier alpha value is -2.35. The van der Waals surface area contributed by atoms with Gasteiger partial charge in [-0.2, -0.15) is 13.2 Å². The van der Waals surface area contributed by atoms with E-state index in [-0.39, 0.29) is 6.04 Å². The zero-order valence-corrected chi connectivity index (χ0v) is 17.1. The molecule has 30 heavy (non-hydrogen) atoms. The van der Waals surface area contributed by atoms with Gasteiger partial charge in [0, 0.05) is 42.3 Å². The van der Waals surface area contributed by atoms with Crippen molar-refractivity contribution in [2.45, 2.75) is 30.1 Å². The molecule has 0 unspecified atom stereocenters. The number of aromatic nitrogens is 1. The highest BCUT2D eigenvalue weighted by Crippen LogP contribution is 2.31. The lowest BCUT2D eigenvalue weighted by atomic mass is 10.1. The van der Waals surface area contributed by atoms with Crippen molar-refractivity contribution in [1.82, 2.24) is 14.6 Å². The van der Waals surface area contributed by atoms with E-state index in [2.05, 4.69) is 38.9 Å². The molecule has 4 rings (SSSR count). The molecule has 1 aliphatic rings. The normalized spacial score (nSPS) is 17.4. The maximum atomic E-state index is 12.8. The van der Waals surface area contributed by atoms with Crippen molar-refractivity contribution in [3.05, 3.63) is 84.1 Å². The van der Waals surface area contributed by atoms with E-state index in [1.54, 1.807) is 12.3 Å². The molecule has 3 aromatic rings. The number of halogens is 3. The minimum atomic E-state index is -4.31. The first-order valence-corrected chi connectivity index (χ1v) is 10.6. The van der Waals surface area contributed by atoms with Gasteiger partial charge in [-0.15, -0.1) is 0 Å². The quantitative estimate of drug-likeness (QED) is 0.514. The molecule has 1 saturated heterocycles. The Balaban J connectivity index is 1.28. The van der Waals surface area contributed by atoms with E-state index in [9.17, 15) is 13.2 Å². The van der Waals surface area contributed by atoms with Crippen LogP contribution in [0.3, 0.4) is 0 Å².